The summed E-state index contributed by atoms with van der Waals surface area (Å²) in [4.78, 5) is 12.0. The number of hydrogen-bond donors (Lipinski definition) is 2. The molecule has 0 atom stereocenters. The standard InChI is InChI=1S/C19H27F3N2O2.ClH/c1-13(2)26-16-5-4-15(17(11-16)19(20,21)22)12-24-18(25)6-3-14-7-9-23-10-8-14;/h4-5,11,13-14,23H,3,6-10,12H2,1-2H3,(H,24,25);1H. The van der Waals surface area contributed by atoms with Crippen molar-refractivity contribution in [2.75, 3.05) is 13.1 Å². The molecule has 2 N–H and O–H groups in total. The minimum atomic E-state index is -4.49. The Kier molecular flexibility index (Phi) is 9.39. The Balaban J connectivity index is 0.00000364. The molecule has 8 heteroatoms. The Labute approximate surface area is 164 Å². The van der Waals surface area contributed by atoms with Gasteiger partial charge in [0.2, 0.25) is 5.91 Å². The molecule has 154 valence electrons. The zero-order chi connectivity index (χ0) is 19.2. The highest BCUT2D eigenvalue weighted by molar-refractivity contribution is 5.85. The van der Waals surface area contributed by atoms with Crippen LogP contribution in [0.2, 0.25) is 0 Å². The van der Waals surface area contributed by atoms with Crippen LogP contribution < -0.4 is 15.4 Å². The summed E-state index contributed by atoms with van der Waals surface area (Å²) in [7, 11) is 0. The first-order chi connectivity index (χ1) is 12.3. The summed E-state index contributed by atoms with van der Waals surface area (Å²) in [5.41, 5.74) is -0.724. The number of amides is 1. The fourth-order valence-corrected chi connectivity index (χ4v) is 3.11. The van der Waals surface area contributed by atoms with Crippen molar-refractivity contribution in [1.29, 1.82) is 0 Å². The fourth-order valence-electron chi connectivity index (χ4n) is 3.11. The van der Waals surface area contributed by atoms with E-state index in [9.17, 15) is 18.0 Å². The Morgan fingerprint density at radius 1 is 1.30 bits per heavy atom. The molecule has 0 radical (unpaired) electrons. The van der Waals surface area contributed by atoms with Crippen LogP contribution in [0.1, 0.15) is 50.7 Å². The van der Waals surface area contributed by atoms with Gasteiger partial charge in [-0.15, -0.1) is 12.4 Å². The average molecular weight is 409 g/mol. The van der Waals surface area contributed by atoms with Crippen LogP contribution >= 0.6 is 12.4 Å². The summed E-state index contributed by atoms with van der Waals surface area (Å²) >= 11 is 0. The first kappa shape index (κ1) is 23.6. The van der Waals surface area contributed by atoms with E-state index < -0.39 is 11.7 Å². The zero-order valence-corrected chi connectivity index (χ0v) is 16.5. The van der Waals surface area contributed by atoms with Gasteiger partial charge in [-0.2, -0.15) is 13.2 Å². The second-order valence-electron chi connectivity index (χ2n) is 6.99. The molecule has 0 unspecified atom stereocenters. The van der Waals surface area contributed by atoms with E-state index in [0.29, 0.717) is 12.3 Å². The van der Waals surface area contributed by atoms with E-state index in [2.05, 4.69) is 10.6 Å². The highest BCUT2D eigenvalue weighted by atomic mass is 35.5. The van der Waals surface area contributed by atoms with Crippen LogP contribution in [-0.2, 0) is 17.5 Å². The van der Waals surface area contributed by atoms with Gasteiger partial charge in [-0.05, 0) is 69.8 Å². The van der Waals surface area contributed by atoms with Gasteiger partial charge < -0.3 is 15.4 Å². The van der Waals surface area contributed by atoms with E-state index in [4.69, 9.17) is 4.74 Å². The minimum absolute atomic E-state index is 0. The zero-order valence-electron chi connectivity index (χ0n) is 15.7. The summed E-state index contributed by atoms with van der Waals surface area (Å²) in [5.74, 6) is 0.479. The minimum Gasteiger partial charge on any atom is -0.491 e. The molecule has 1 aliphatic rings. The maximum Gasteiger partial charge on any atom is 0.416 e. The molecule has 2 rings (SSSR count). The Hall–Kier alpha value is -1.47. The topological polar surface area (TPSA) is 50.4 Å². The number of carbonyl (C=O) groups excluding carboxylic acids is 1. The molecule has 1 fully saturated rings. The van der Waals surface area contributed by atoms with Crippen LogP contribution in [0, 0.1) is 5.92 Å². The van der Waals surface area contributed by atoms with Gasteiger partial charge in [0.25, 0.3) is 0 Å². The van der Waals surface area contributed by atoms with Crippen LogP contribution in [0.25, 0.3) is 0 Å². The summed E-state index contributed by atoms with van der Waals surface area (Å²) in [6.07, 6.45) is -1.49. The smallest absolute Gasteiger partial charge is 0.416 e. The average Bonchev–Trinajstić information content (AvgIpc) is 2.58. The number of rotatable bonds is 7. The molecule has 1 aromatic carbocycles. The van der Waals surface area contributed by atoms with Gasteiger partial charge in [0.15, 0.2) is 0 Å². The Morgan fingerprint density at radius 3 is 2.56 bits per heavy atom. The second kappa shape index (κ2) is 10.8. The number of benzene rings is 1. The quantitative estimate of drug-likeness (QED) is 0.706. The third-order valence-electron chi connectivity index (χ3n) is 4.47. The molecular formula is C19H28ClF3N2O2. The number of carbonyl (C=O) groups is 1. The van der Waals surface area contributed by atoms with Crippen LogP contribution in [0.4, 0.5) is 13.2 Å². The molecule has 0 aromatic heterocycles. The third-order valence-corrected chi connectivity index (χ3v) is 4.47. The van der Waals surface area contributed by atoms with Crippen LogP contribution in [0.3, 0.4) is 0 Å². The summed E-state index contributed by atoms with van der Waals surface area (Å²) in [6.45, 7) is 5.30. The number of ether oxygens (including phenoxy) is 1. The molecule has 27 heavy (non-hydrogen) atoms. The maximum absolute atomic E-state index is 13.3. The summed E-state index contributed by atoms with van der Waals surface area (Å²) in [6, 6.07) is 3.87. The molecule has 1 aromatic rings. The second-order valence-corrected chi connectivity index (χ2v) is 6.99. The van der Waals surface area contributed by atoms with Crippen molar-refractivity contribution in [3.8, 4) is 5.75 Å². The van der Waals surface area contributed by atoms with E-state index in [1.165, 1.54) is 12.1 Å². The van der Waals surface area contributed by atoms with E-state index in [-0.39, 0.29) is 42.3 Å². The lowest BCUT2D eigenvalue weighted by atomic mass is 9.93. The third kappa shape index (κ3) is 7.97. The van der Waals surface area contributed by atoms with Crippen LogP contribution in [0.15, 0.2) is 18.2 Å². The number of hydrogen-bond acceptors (Lipinski definition) is 3. The van der Waals surface area contributed by atoms with Crippen molar-refractivity contribution in [1.82, 2.24) is 10.6 Å². The van der Waals surface area contributed by atoms with Crippen molar-refractivity contribution >= 4 is 18.3 Å². The summed E-state index contributed by atoms with van der Waals surface area (Å²) < 4.78 is 45.3. The first-order valence-corrected chi connectivity index (χ1v) is 9.10. The highest BCUT2D eigenvalue weighted by Crippen LogP contribution is 2.34. The lowest BCUT2D eigenvalue weighted by molar-refractivity contribution is -0.138. The van der Waals surface area contributed by atoms with E-state index >= 15 is 0 Å². The number of alkyl halides is 3. The van der Waals surface area contributed by atoms with Crippen molar-refractivity contribution < 1.29 is 22.7 Å². The van der Waals surface area contributed by atoms with Crippen LogP contribution in [0.5, 0.6) is 5.75 Å². The largest absolute Gasteiger partial charge is 0.491 e. The Bertz CT molecular complexity index is 603. The predicted octanol–water partition coefficient (Wildman–Crippen LogP) is 4.31. The van der Waals surface area contributed by atoms with E-state index in [1.807, 2.05) is 0 Å². The molecule has 0 aliphatic carbocycles. The monoisotopic (exact) mass is 408 g/mol. The van der Waals surface area contributed by atoms with Gasteiger partial charge in [0.05, 0.1) is 11.7 Å². The molecule has 0 spiro atoms. The van der Waals surface area contributed by atoms with Crippen LogP contribution in [-0.4, -0.2) is 25.1 Å². The van der Waals surface area contributed by atoms with Crippen molar-refractivity contribution in [3.63, 3.8) is 0 Å². The maximum atomic E-state index is 13.3. The number of halogens is 4. The molecule has 1 amide bonds. The number of nitrogens with one attached hydrogen (secondary N) is 2. The Morgan fingerprint density at radius 2 is 1.96 bits per heavy atom. The molecule has 0 bridgehead atoms. The lowest BCUT2D eigenvalue weighted by Crippen LogP contribution is -2.29. The van der Waals surface area contributed by atoms with Gasteiger partial charge in [0, 0.05) is 13.0 Å². The van der Waals surface area contributed by atoms with E-state index in [0.717, 1.165) is 38.4 Å². The van der Waals surface area contributed by atoms with Gasteiger partial charge in [-0.3, -0.25) is 4.79 Å². The van der Waals surface area contributed by atoms with E-state index in [1.54, 1.807) is 13.8 Å². The molecule has 1 aliphatic heterocycles. The van der Waals surface area contributed by atoms with Gasteiger partial charge in [-0.25, -0.2) is 0 Å². The normalized spacial score (nSPS) is 15.3. The molecule has 1 heterocycles. The molecular weight excluding hydrogens is 381 g/mol. The fraction of sp³-hybridized carbons (Fsp3) is 0.632. The molecule has 0 saturated carbocycles. The van der Waals surface area contributed by atoms with Gasteiger partial charge in [0.1, 0.15) is 5.75 Å². The van der Waals surface area contributed by atoms with Gasteiger partial charge >= 0.3 is 6.18 Å². The highest BCUT2D eigenvalue weighted by Gasteiger charge is 2.34. The SMILES string of the molecule is CC(C)Oc1ccc(CNC(=O)CCC2CCNCC2)c(C(F)(F)F)c1.Cl. The first-order valence-electron chi connectivity index (χ1n) is 9.10. The number of piperidine rings is 1. The predicted molar refractivity (Wildman–Crippen MR) is 101 cm³/mol. The van der Waals surface area contributed by atoms with Crippen molar-refractivity contribution in [3.05, 3.63) is 29.3 Å². The van der Waals surface area contributed by atoms with Crippen molar-refractivity contribution in [2.24, 2.45) is 5.92 Å². The summed E-state index contributed by atoms with van der Waals surface area (Å²) in [5, 5.41) is 5.88. The van der Waals surface area contributed by atoms with Crippen molar-refractivity contribution in [2.45, 2.75) is 58.4 Å². The molecule has 4 nitrogen and oxygen atoms in total. The van der Waals surface area contributed by atoms with Gasteiger partial charge in [-0.1, -0.05) is 6.07 Å². The lowest BCUT2D eigenvalue weighted by Gasteiger charge is -2.22. The molecule has 1 saturated heterocycles.